The Bertz CT molecular complexity index is 528. The molecule has 18 heavy (non-hydrogen) atoms. The first-order valence-corrected chi connectivity index (χ1v) is 5.64. The van der Waals surface area contributed by atoms with Crippen LogP contribution >= 0.6 is 11.6 Å². The Labute approximate surface area is 109 Å². The van der Waals surface area contributed by atoms with Gasteiger partial charge in [-0.15, -0.1) is 0 Å². The summed E-state index contributed by atoms with van der Waals surface area (Å²) in [6, 6.07) is 9.20. The number of hydrazine groups is 1. The molecular weight excluding hydrogens is 252 g/mol. The van der Waals surface area contributed by atoms with Gasteiger partial charge in [0.25, 0.3) is 0 Å². The topological polar surface area (TPSA) is 102 Å². The summed E-state index contributed by atoms with van der Waals surface area (Å²) in [5.74, 6) is 6.49. The Balaban J connectivity index is 2.05. The maximum Gasteiger partial charge on any atom is 0.223 e. The fraction of sp³-hybridized carbons (Fsp3) is 0.0909. The summed E-state index contributed by atoms with van der Waals surface area (Å²) in [6.45, 7) is 0.609. The molecule has 0 aliphatic heterocycles. The van der Waals surface area contributed by atoms with Crippen LogP contribution in [0.15, 0.2) is 30.3 Å². The van der Waals surface area contributed by atoms with Crippen LogP contribution in [0.25, 0.3) is 0 Å². The minimum atomic E-state index is 0.157. The molecule has 2 aromatic rings. The van der Waals surface area contributed by atoms with E-state index in [2.05, 4.69) is 20.7 Å². The number of nitrogens with zero attached hydrogens (tertiary/aromatic N) is 2. The molecule has 2 rings (SSSR count). The number of hydrogen-bond donors (Lipinski definition) is 4. The molecule has 0 spiro atoms. The molecule has 0 radical (unpaired) electrons. The highest BCUT2D eigenvalue weighted by atomic mass is 35.5. The van der Waals surface area contributed by atoms with Crippen molar-refractivity contribution < 1.29 is 0 Å². The molecule has 1 aromatic carbocycles. The first kappa shape index (κ1) is 12.4. The van der Waals surface area contributed by atoms with E-state index in [4.69, 9.17) is 23.2 Å². The number of hydrogen-bond acceptors (Lipinski definition) is 6. The van der Waals surface area contributed by atoms with Crippen LogP contribution < -0.4 is 22.3 Å². The second-order valence-electron chi connectivity index (χ2n) is 3.62. The van der Waals surface area contributed by atoms with Gasteiger partial charge in [-0.2, -0.15) is 9.97 Å². The summed E-state index contributed by atoms with van der Waals surface area (Å²) in [4.78, 5) is 7.94. The third-order valence-corrected chi connectivity index (χ3v) is 2.53. The fourth-order valence-corrected chi connectivity index (χ4v) is 1.55. The van der Waals surface area contributed by atoms with Gasteiger partial charge in [0, 0.05) is 17.6 Å². The Morgan fingerprint density at radius 2 is 1.78 bits per heavy atom. The Hall–Kier alpha value is -2.05. The maximum atomic E-state index is 5.81. The van der Waals surface area contributed by atoms with Crippen LogP contribution in [0.5, 0.6) is 0 Å². The van der Waals surface area contributed by atoms with Crippen LogP contribution in [-0.4, -0.2) is 9.97 Å². The second kappa shape index (κ2) is 5.52. The highest BCUT2D eigenvalue weighted by Gasteiger charge is 2.01. The van der Waals surface area contributed by atoms with Gasteiger partial charge in [0.05, 0.1) is 0 Å². The molecule has 7 heteroatoms. The SMILES string of the molecule is NNc1cc(NCc2ccc(Cl)cc2)nc(N)n1. The van der Waals surface area contributed by atoms with E-state index in [1.165, 1.54) is 0 Å². The van der Waals surface area contributed by atoms with Crippen molar-refractivity contribution in [3.8, 4) is 0 Å². The van der Waals surface area contributed by atoms with Crippen molar-refractivity contribution in [2.75, 3.05) is 16.5 Å². The molecule has 6 N–H and O–H groups in total. The predicted molar refractivity (Wildman–Crippen MR) is 73.0 cm³/mol. The summed E-state index contributed by atoms with van der Waals surface area (Å²) >= 11 is 5.81. The van der Waals surface area contributed by atoms with Gasteiger partial charge in [-0.1, -0.05) is 23.7 Å². The molecule has 0 unspecified atom stereocenters. The molecule has 0 aliphatic rings. The number of nitrogens with two attached hydrogens (primary N) is 2. The number of rotatable bonds is 4. The molecule has 0 saturated carbocycles. The van der Waals surface area contributed by atoms with Gasteiger partial charge in [-0.3, -0.25) is 0 Å². The Morgan fingerprint density at radius 3 is 2.44 bits per heavy atom. The standard InChI is InChI=1S/C11H13ClN6/c12-8-3-1-7(2-4-8)6-15-9-5-10(18-14)17-11(13)16-9/h1-5H,6,14H2,(H4,13,15,16,17,18). The van der Waals surface area contributed by atoms with Crippen molar-refractivity contribution in [3.63, 3.8) is 0 Å². The van der Waals surface area contributed by atoms with Gasteiger partial charge in [0.1, 0.15) is 11.6 Å². The normalized spacial score (nSPS) is 10.1. The van der Waals surface area contributed by atoms with E-state index < -0.39 is 0 Å². The number of nitrogens with one attached hydrogen (secondary N) is 2. The van der Waals surface area contributed by atoms with Gasteiger partial charge in [0.15, 0.2) is 0 Å². The monoisotopic (exact) mass is 264 g/mol. The molecule has 0 saturated heterocycles. The summed E-state index contributed by atoms with van der Waals surface area (Å²) in [5, 5.41) is 3.83. The molecule has 6 nitrogen and oxygen atoms in total. The second-order valence-corrected chi connectivity index (χ2v) is 4.06. The van der Waals surface area contributed by atoms with E-state index in [9.17, 15) is 0 Å². The van der Waals surface area contributed by atoms with Gasteiger partial charge in [-0.05, 0) is 17.7 Å². The van der Waals surface area contributed by atoms with Gasteiger partial charge >= 0.3 is 0 Å². The summed E-state index contributed by atoms with van der Waals surface area (Å²) in [7, 11) is 0. The van der Waals surface area contributed by atoms with Gasteiger partial charge < -0.3 is 16.5 Å². The molecule has 1 heterocycles. The Morgan fingerprint density at radius 1 is 1.11 bits per heavy atom. The van der Waals surface area contributed by atoms with Crippen LogP contribution in [0.2, 0.25) is 5.02 Å². The van der Waals surface area contributed by atoms with E-state index in [1.54, 1.807) is 6.07 Å². The minimum Gasteiger partial charge on any atom is -0.368 e. The maximum absolute atomic E-state index is 5.81. The molecule has 1 aromatic heterocycles. The van der Waals surface area contributed by atoms with E-state index in [1.807, 2.05) is 24.3 Å². The number of aromatic nitrogens is 2. The largest absolute Gasteiger partial charge is 0.368 e. The summed E-state index contributed by atoms with van der Waals surface area (Å²) in [5.41, 5.74) is 9.06. The molecule has 0 atom stereocenters. The van der Waals surface area contributed by atoms with Crippen molar-refractivity contribution >= 4 is 29.2 Å². The number of anilines is 3. The molecule has 0 bridgehead atoms. The third kappa shape index (κ3) is 3.22. The van der Waals surface area contributed by atoms with E-state index in [0.717, 1.165) is 5.56 Å². The zero-order valence-corrected chi connectivity index (χ0v) is 10.3. The predicted octanol–water partition coefficient (Wildman–Crippen LogP) is 1.61. The molecule has 0 amide bonds. The lowest BCUT2D eigenvalue weighted by Gasteiger charge is -2.08. The van der Waals surface area contributed by atoms with Crippen LogP contribution in [0, 0.1) is 0 Å². The smallest absolute Gasteiger partial charge is 0.223 e. The molecule has 0 fully saturated rings. The van der Waals surface area contributed by atoms with E-state index in [-0.39, 0.29) is 5.95 Å². The first-order chi connectivity index (χ1) is 8.67. The van der Waals surface area contributed by atoms with Crippen molar-refractivity contribution in [3.05, 3.63) is 40.9 Å². The zero-order valence-electron chi connectivity index (χ0n) is 9.52. The van der Waals surface area contributed by atoms with Crippen LogP contribution in [-0.2, 0) is 6.54 Å². The third-order valence-electron chi connectivity index (χ3n) is 2.28. The fourth-order valence-electron chi connectivity index (χ4n) is 1.43. The lowest BCUT2D eigenvalue weighted by atomic mass is 10.2. The van der Waals surface area contributed by atoms with Gasteiger partial charge in [-0.25, -0.2) is 5.84 Å². The van der Waals surface area contributed by atoms with E-state index in [0.29, 0.717) is 23.2 Å². The molecule has 94 valence electrons. The lowest BCUT2D eigenvalue weighted by Crippen LogP contribution is -2.12. The van der Waals surface area contributed by atoms with Crippen LogP contribution in [0.3, 0.4) is 0 Å². The summed E-state index contributed by atoms with van der Waals surface area (Å²) in [6.07, 6.45) is 0. The van der Waals surface area contributed by atoms with Crippen LogP contribution in [0.4, 0.5) is 17.6 Å². The number of benzene rings is 1. The average molecular weight is 265 g/mol. The van der Waals surface area contributed by atoms with Crippen molar-refractivity contribution in [2.24, 2.45) is 5.84 Å². The first-order valence-electron chi connectivity index (χ1n) is 5.27. The summed E-state index contributed by atoms with van der Waals surface area (Å²) < 4.78 is 0. The zero-order chi connectivity index (χ0) is 13.0. The van der Waals surface area contributed by atoms with Crippen molar-refractivity contribution in [1.29, 1.82) is 0 Å². The number of halogens is 1. The quantitative estimate of drug-likeness (QED) is 0.494. The Kier molecular flexibility index (Phi) is 3.81. The average Bonchev–Trinajstić information content (AvgIpc) is 2.37. The van der Waals surface area contributed by atoms with Crippen molar-refractivity contribution in [2.45, 2.75) is 6.54 Å². The van der Waals surface area contributed by atoms with Gasteiger partial charge in [0.2, 0.25) is 5.95 Å². The van der Waals surface area contributed by atoms with Crippen LogP contribution in [0.1, 0.15) is 5.56 Å². The molecule has 0 aliphatic carbocycles. The lowest BCUT2D eigenvalue weighted by molar-refractivity contribution is 1.08. The minimum absolute atomic E-state index is 0.157. The highest BCUT2D eigenvalue weighted by Crippen LogP contribution is 2.14. The highest BCUT2D eigenvalue weighted by molar-refractivity contribution is 6.30. The van der Waals surface area contributed by atoms with E-state index >= 15 is 0 Å². The molecular formula is C11H13ClN6. The van der Waals surface area contributed by atoms with Crippen molar-refractivity contribution in [1.82, 2.24) is 9.97 Å². The number of nitrogen functional groups attached to an aromatic ring is 2.